The van der Waals surface area contributed by atoms with E-state index >= 15 is 0 Å². The van der Waals surface area contributed by atoms with Crippen molar-refractivity contribution >= 4 is 17.7 Å². The van der Waals surface area contributed by atoms with Gasteiger partial charge in [0.1, 0.15) is 6.10 Å². The molecule has 1 atom stereocenters. The maximum atomic E-state index is 7.93. The average molecular weight is 326 g/mol. The molecule has 2 aliphatic rings. The van der Waals surface area contributed by atoms with Crippen molar-refractivity contribution in [2.24, 2.45) is 4.99 Å². The van der Waals surface area contributed by atoms with Crippen LogP contribution in [0.15, 0.2) is 28.4 Å². The van der Waals surface area contributed by atoms with Gasteiger partial charge in [-0.05, 0) is 31.8 Å². The summed E-state index contributed by atoms with van der Waals surface area (Å²) in [5.74, 6) is 0.615. The van der Waals surface area contributed by atoms with Crippen molar-refractivity contribution in [1.29, 1.82) is 0 Å². The lowest BCUT2D eigenvalue weighted by Crippen LogP contribution is -2.10. The fourth-order valence-corrected chi connectivity index (χ4v) is 3.02. The predicted octanol–water partition coefficient (Wildman–Crippen LogP) is 3.32. The lowest BCUT2D eigenvalue weighted by molar-refractivity contribution is 0.108. The van der Waals surface area contributed by atoms with Gasteiger partial charge < -0.3 is 15.2 Å². The summed E-state index contributed by atoms with van der Waals surface area (Å²) in [5, 5.41) is 4.62. The van der Waals surface area contributed by atoms with Crippen LogP contribution in [-0.4, -0.2) is 40.6 Å². The zero-order valence-corrected chi connectivity index (χ0v) is 13.7. The normalized spacial score (nSPS) is 22.1. The number of aryl methyl sites for hydroxylation is 1. The number of fused-ring (bicyclic) bond motifs is 1. The van der Waals surface area contributed by atoms with E-state index in [0.717, 1.165) is 42.1 Å². The molecule has 0 saturated carbocycles. The van der Waals surface area contributed by atoms with E-state index in [-0.39, 0.29) is 6.10 Å². The Balaban J connectivity index is 1.64. The molecule has 4 heterocycles. The fraction of sp³-hybridized carbons (Fsp3) is 0.471. The Labute approximate surface area is 140 Å². The lowest BCUT2D eigenvalue weighted by atomic mass is 10.1. The van der Waals surface area contributed by atoms with Crippen molar-refractivity contribution in [3.63, 3.8) is 0 Å². The maximum Gasteiger partial charge on any atom is 0.158 e. The number of nitrogens with one attached hydrogen (secondary N) is 1. The summed E-state index contributed by atoms with van der Waals surface area (Å²) >= 11 is 0. The third-order valence-corrected chi connectivity index (χ3v) is 4.36. The zero-order valence-electron chi connectivity index (χ0n) is 13.7. The smallest absolute Gasteiger partial charge is 0.158 e. The molecule has 126 valence electrons. The standard InChI is InChI=1S/C17H20N5O2/c1-11-7-16(19-9-12-10-23-6-4-13(12)18)20-17-8-14(21-22(11)17)15-3-2-5-24-15/h7-9,15,18H,2-6,10H2,1H3/q-1. The van der Waals surface area contributed by atoms with Gasteiger partial charge in [-0.2, -0.15) is 10.8 Å². The van der Waals surface area contributed by atoms with Crippen LogP contribution in [0.3, 0.4) is 0 Å². The van der Waals surface area contributed by atoms with Crippen LogP contribution in [0.5, 0.6) is 0 Å². The third-order valence-electron chi connectivity index (χ3n) is 4.36. The van der Waals surface area contributed by atoms with Gasteiger partial charge in [0.15, 0.2) is 11.5 Å². The summed E-state index contributed by atoms with van der Waals surface area (Å²) in [6, 6.07) is 3.87. The van der Waals surface area contributed by atoms with Crippen molar-refractivity contribution in [3.05, 3.63) is 40.5 Å². The molecule has 24 heavy (non-hydrogen) atoms. The summed E-state index contributed by atoms with van der Waals surface area (Å²) in [4.78, 5) is 8.99. The lowest BCUT2D eigenvalue weighted by Gasteiger charge is -2.20. The van der Waals surface area contributed by atoms with Gasteiger partial charge in [0.2, 0.25) is 0 Å². The van der Waals surface area contributed by atoms with E-state index in [1.165, 1.54) is 0 Å². The molecule has 7 nitrogen and oxygen atoms in total. The first kappa shape index (κ1) is 15.3. The number of aromatic nitrogens is 3. The Bertz CT molecular complexity index is 818. The minimum atomic E-state index is 0.0773. The Morgan fingerprint density at radius 2 is 2.29 bits per heavy atom. The quantitative estimate of drug-likeness (QED) is 0.810. The minimum Gasteiger partial charge on any atom is -0.702 e. The average Bonchev–Trinajstić information content (AvgIpc) is 3.23. The molecule has 0 radical (unpaired) electrons. The number of ether oxygens (including phenoxy) is 2. The van der Waals surface area contributed by atoms with Crippen molar-refractivity contribution < 1.29 is 9.47 Å². The van der Waals surface area contributed by atoms with Crippen LogP contribution in [0, 0.1) is 6.92 Å². The molecule has 0 spiro atoms. The van der Waals surface area contributed by atoms with Crippen LogP contribution in [-0.2, 0) is 9.47 Å². The minimum absolute atomic E-state index is 0.0773. The predicted molar refractivity (Wildman–Crippen MR) is 90.6 cm³/mol. The van der Waals surface area contributed by atoms with Gasteiger partial charge in [-0.15, -0.1) is 0 Å². The molecule has 1 fully saturated rings. The Morgan fingerprint density at radius 3 is 3.08 bits per heavy atom. The number of rotatable bonds is 3. The highest BCUT2D eigenvalue weighted by molar-refractivity contribution is 5.82. The molecule has 1 unspecified atom stereocenters. The van der Waals surface area contributed by atoms with Crippen LogP contribution in [0.2, 0.25) is 0 Å². The molecule has 4 rings (SSSR count). The highest BCUT2D eigenvalue weighted by atomic mass is 16.5. The summed E-state index contributed by atoms with van der Waals surface area (Å²) in [5.41, 5.74) is 12.0. The number of hydrogen-bond donors (Lipinski definition) is 0. The van der Waals surface area contributed by atoms with Crippen LogP contribution in [0.25, 0.3) is 11.4 Å². The monoisotopic (exact) mass is 326 g/mol. The molecule has 0 aliphatic carbocycles. The molecule has 2 aliphatic heterocycles. The van der Waals surface area contributed by atoms with E-state index in [9.17, 15) is 0 Å². The largest absolute Gasteiger partial charge is 0.702 e. The molecular weight excluding hydrogens is 306 g/mol. The van der Waals surface area contributed by atoms with Gasteiger partial charge in [-0.3, -0.25) is 0 Å². The molecule has 2 aromatic rings. The molecule has 0 amide bonds. The van der Waals surface area contributed by atoms with Crippen molar-refractivity contribution in [3.8, 4) is 0 Å². The zero-order chi connectivity index (χ0) is 16.5. The first-order valence-corrected chi connectivity index (χ1v) is 8.25. The van der Waals surface area contributed by atoms with Gasteiger partial charge in [0.05, 0.1) is 12.3 Å². The van der Waals surface area contributed by atoms with E-state index in [4.69, 9.17) is 15.2 Å². The number of hydrogen-bond acceptors (Lipinski definition) is 5. The third kappa shape index (κ3) is 2.92. The Kier molecular flexibility index (Phi) is 4.03. The summed E-state index contributed by atoms with van der Waals surface area (Å²) in [7, 11) is 0. The van der Waals surface area contributed by atoms with Crippen LogP contribution < -0.4 is 0 Å². The SMILES string of the molecule is Cc1cc(N=CC2=C([NH-])CCOC2)nc2cc(C3CCCO3)nn12. The van der Waals surface area contributed by atoms with Gasteiger partial charge in [-0.1, -0.05) is 0 Å². The first-order valence-electron chi connectivity index (χ1n) is 8.25. The molecule has 2 aromatic heterocycles. The molecule has 7 heteroatoms. The second-order valence-corrected chi connectivity index (χ2v) is 6.16. The van der Waals surface area contributed by atoms with Crippen LogP contribution in [0.1, 0.15) is 36.8 Å². The van der Waals surface area contributed by atoms with Gasteiger partial charge >= 0.3 is 0 Å². The van der Waals surface area contributed by atoms with Gasteiger partial charge in [0, 0.05) is 37.3 Å². The van der Waals surface area contributed by atoms with E-state index in [1.54, 1.807) is 6.21 Å². The van der Waals surface area contributed by atoms with Crippen LogP contribution >= 0.6 is 0 Å². The summed E-state index contributed by atoms with van der Waals surface area (Å²) in [6.07, 6.45) is 4.49. The number of aliphatic imine (C=N–C) groups is 1. The Morgan fingerprint density at radius 1 is 1.38 bits per heavy atom. The van der Waals surface area contributed by atoms with Gasteiger partial charge in [-0.25, -0.2) is 14.5 Å². The van der Waals surface area contributed by atoms with E-state index in [0.29, 0.717) is 31.1 Å². The second kappa shape index (κ2) is 6.33. The highest BCUT2D eigenvalue weighted by Crippen LogP contribution is 2.28. The molecule has 1 saturated heterocycles. The van der Waals surface area contributed by atoms with Crippen molar-refractivity contribution in [2.45, 2.75) is 32.3 Å². The van der Waals surface area contributed by atoms with Crippen molar-refractivity contribution in [1.82, 2.24) is 14.6 Å². The number of nitrogens with zero attached hydrogens (tertiary/aromatic N) is 4. The summed E-state index contributed by atoms with van der Waals surface area (Å²) in [6.45, 7) is 3.84. The van der Waals surface area contributed by atoms with E-state index < -0.39 is 0 Å². The molecule has 0 bridgehead atoms. The molecule has 0 aromatic carbocycles. The second-order valence-electron chi connectivity index (χ2n) is 6.16. The summed E-state index contributed by atoms with van der Waals surface area (Å²) < 4.78 is 12.9. The Hall–Kier alpha value is -2.25. The highest BCUT2D eigenvalue weighted by Gasteiger charge is 2.21. The van der Waals surface area contributed by atoms with Crippen molar-refractivity contribution in [2.75, 3.05) is 19.8 Å². The maximum absolute atomic E-state index is 7.93. The molecule has 1 N–H and O–H groups in total. The van der Waals surface area contributed by atoms with Gasteiger partial charge in [0.25, 0.3) is 0 Å². The molecular formula is C17H20N5O2-. The van der Waals surface area contributed by atoms with Crippen LogP contribution in [0.4, 0.5) is 5.82 Å². The topological polar surface area (TPSA) is 84.8 Å². The van der Waals surface area contributed by atoms with E-state index in [1.807, 2.05) is 23.6 Å². The fourth-order valence-electron chi connectivity index (χ4n) is 3.02. The first-order chi connectivity index (χ1) is 11.7. The van der Waals surface area contributed by atoms with E-state index in [2.05, 4.69) is 15.1 Å².